The Morgan fingerprint density at radius 2 is 1.00 bits per heavy atom. The van der Waals surface area contributed by atoms with E-state index in [1.807, 2.05) is 0 Å². The van der Waals surface area contributed by atoms with Gasteiger partial charge in [-0.25, -0.2) is 0 Å². The summed E-state index contributed by atoms with van der Waals surface area (Å²) in [6.07, 6.45) is 0. The van der Waals surface area contributed by atoms with Gasteiger partial charge in [-0.2, -0.15) is 0 Å². The van der Waals surface area contributed by atoms with E-state index in [2.05, 4.69) is 0 Å². The molecule has 0 N–H and O–H groups in total. The minimum atomic E-state index is -5.04. The van der Waals surface area contributed by atoms with Crippen LogP contribution in [-0.4, -0.2) is 72.9 Å². The Balaban J connectivity index is 0. The Morgan fingerprint density at radius 1 is 1.00 bits per heavy atom. The SMILES string of the molecule is [F][Sn]([F])[F].[K]. The summed E-state index contributed by atoms with van der Waals surface area (Å²) in [6.45, 7) is 0. The molecule has 0 unspecified atom stereocenters. The fourth-order valence-corrected chi connectivity index (χ4v) is 0. The summed E-state index contributed by atoms with van der Waals surface area (Å²) in [5.74, 6) is 0. The van der Waals surface area contributed by atoms with Crippen molar-refractivity contribution in [2.45, 2.75) is 0 Å². The smallest absolute Gasteiger partial charge is 0 e. The maximum Gasteiger partial charge on any atom is 0 e. The van der Waals surface area contributed by atoms with E-state index in [1.165, 1.54) is 0 Å². The first-order valence-electron chi connectivity index (χ1n) is 0.567. The van der Waals surface area contributed by atoms with Crippen LogP contribution >= 0.6 is 0 Å². The van der Waals surface area contributed by atoms with Gasteiger partial charge in [-0.3, -0.25) is 0 Å². The first-order chi connectivity index (χ1) is 1.73. The normalized spacial score (nSPS) is 7.20. The van der Waals surface area contributed by atoms with E-state index in [0.717, 1.165) is 0 Å². The third-order valence-corrected chi connectivity index (χ3v) is 0. The Kier molecular flexibility index (Phi) is 12.8. The first kappa shape index (κ1) is 10.3. The standard InChI is InChI=1S/3FH.K.Sn/h3*1H;;/q;;;;+3/p-3. The molecule has 0 amide bonds. The molecule has 0 saturated heterocycles. The van der Waals surface area contributed by atoms with E-state index in [9.17, 15) is 8.60 Å². The van der Waals surface area contributed by atoms with Gasteiger partial charge in [0.2, 0.25) is 0 Å². The molecular weight excluding hydrogens is 215 g/mol. The van der Waals surface area contributed by atoms with E-state index < -0.39 is 21.5 Å². The van der Waals surface area contributed by atoms with Gasteiger partial charge < -0.3 is 0 Å². The molecule has 0 rings (SSSR count). The second-order valence-electron chi connectivity index (χ2n) is 0.214. The Bertz CT molecular complexity index is 11.6. The van der Waals surface area contributed by atoms with Gasteiger partial charge in [0, 0.05) is 51.4 Å². The summed E-state index contributed by atoms with van der Waals surface area (Å²) in [5.41, 5.74) is 0. The fraction of sp³-hybridized carbons (Fsp3) is 0. The molecule has 0 aliphatic rings. The van der Waals surface area contributed by atoms with Gasteiger partial charge in [0.25, 0.3) is 0 Å². The quantitative estimate of drug-likeness (QED) is 0.516. The van der Waals surface area contributed by atoms with Crippen LogP contribution in [0, 0.1) is 0 Å². The minimum absolute atomic E-state index is 0. The van der Waals surface area contributed by atoms with Crippen LogP contribution in [0.1, 0.15) is 0 Å². The minimum Gasteiger partial charge on any atom is 0 e. The molecule has 0 spiro atoms. The average Bonchev–Trinajstić information content (AvgIpc) is 0.811. The van der Waals surface area contributed by atoms with Gasteiger partial charge in [-0.15, -0.1) is 0 Å². The van der Waals surface area contributed by atoms with Crippen LogP contribution in [0.3, 0.4) is 0 Å². The van der Waals surface area contributed by atoms with Crippen molar-refractivity contribution in [3.8, 4) is 0 Å². The van der Waals surface area contributed by atoms with E-state index in [4.69, 9.17) is 0 Å². The molecule has 0 saturated carbocycles. The predicted octanol–water partition coefficient (Wildman–Crippen LogP) is 0.499. The molecule has 0 aliphatic carbocycles. The number of hydrogen-bond donors (Lipinski definition) is 0. The summed E-state index contributed by atoms with van der Waals surface area (Å²) in [4.78, 5) is 0. The van der Waals surface area contributed by atoms with E-state index in [1.54, 1.807) is 0 Å². The summed E-state index contributed by atoms with van der Waals surface area (Å²) in [6, 6.07) is 0. The van der Waals surface area contributed by atoms with Crippen molar-refractivity contribution in [1.29, 1.82) is 0 Å². The first-order valence-corrected chi connectivity index (χ1v) is 3.80. The van der Waals surface area contributed by atoms with Gasteiger partial charge in [0.1, 0.15) is 0 Å². The third-order valence-electron chi connectivity index (χ3n) is 0. The van der Waals surface area contributed by atoms with Gasteiger partial charge in [-0.05, 0) is 0 Å². The summed E-state index contributed by atoms with van der Waals surface area (Å²) in [5, 5.41) is 0. The van der Waals surface area contributed by atoms with Crippen molar-refractivity contribution in [3.05, 3.63) is 0 Å². The van der Waals surface area contributed by atoms with Gasteiger partial charge in [-0.1, -0.05) is 0 Å². The average molecular weight is 215 g/mol. The maximum atomic E-state index is 9.86. The topological polar surface area (TPSA) is 0 Å². The molecule has 0 aromatic carbocycles. The molecule has 0 aromatic heterocycles. The van der Waals surface area contributed by atoms with Crippen LogP contribution in [0.5, 0.6) is 0 Å². The van der Waals surface area contributed by atoms with Gasteiger partial charge in [0.15, 0.2) is 0 Å². The van der Waals surface area contributed by atoms with Crippen LogP contribution in [0.25, 0.3) is 0 Å². The zero-order chi connectivity index (χ0) is 3.58. The van der Waals surface area contributed by atoms with Crippen LogP contribution in [0.2, 0.25) is 0 Å². The molecule has 0 fully saturated rings. The fourth-order valence-electron chi connectivity index (χ4n) is 0. The van der Waals surface area contributed by atoms with Crippen molar-refractivity contribution >= 4 is 72.9 Å². The molecule has 0 nitrogen and oxygen atoms in total. The number of halogens is 3. The van der Waals surface area contributed by atoms with Crippen molar-refractivity contribution in [2.75, 3.05) is 0 Å². The van der Waals surface area contributed by atoms with Crippen molar-refractivity contribution in [1.82, 2.24) is 0 Å². The maximum absolute atomic E-state index is 9.86. The molecule has 0 atom stereocenters. The Morgan fingerprint density at radius 3 is 1.00 bits per heavy atom. The second kappa shape index (κ2) is 6.23. The third kappa shape index (κ3) is 22.4. The molecule has 0 bridgehead atoms. The summed E-state index contributed by atoms with van der Waals surface area (Å²) < 4.78 is 29.6. The van der Waals surface area contributed by atoms with E-state index in [0.29, 0.717) is 0 Å². The zero-order valence-electron chi connectivity index (χ0n) is 2.63. The number of rotatable bonds is 0. The largest absolute Gasteiger partial charge is 0 e. The van der Waals surface area contributed by atoms with Gasteiger partial charge >= 0.3 is 30.1 Å². The number of hydrogen-bond acceptors (Lipinski definition) is 0. The molecule has 26 valence electrons. The van der Waals surface area contributed by atoms with Crippen LogP contribution in [-0.2, 0) is 0 Å². The monoisotopic (exact) mass is 216 g/mol. The summed E-state index contributed by atoms with van der Waals surface area (Å²) >= 11 is -5.04. The molecule has 5 heteroatoms. The molecule has 0 aliphatic heterocycles. The van der Waals surface area contributed by atoms with Crippen LogP contribution in [0.15, 0.2) is 0 Å². The van der Waals surface area contributed by atoms with E-state index >= 15 is 0 Å². The molecular formula is F3KSn. The Labute approximate surface area is 79.6 Å². The van der Waals surface area contributed by atoms with E-state index in [-0.39, 0.29) is 51.4 Å². The van der Waals surface area contributed by atoms with Crippen molar-refractivity contribution < 1.29 is 8.60 Å². The summed E-state index contributed by atoms with van der Waals surface area (Å²) in [7, 11) is 0. The van der Waals surface area contributed by atoms with Crippen LogP contribution in [0.4, 0.5) is 8.60 Å². The Hall–Kier alpha value is 2.23. The zero-order valence-corrected chi connectivity index (χ0v) is 8.61. The molecule has 0 aromatic rings. The molecule has 5 heavy (non-hydrogen) atoms. The van der Waals surface area contributed by atoms with Crippen LogP contribution < -0.4 is 0 Å². The second-order valence-corrected chi connectivity index (χ2v) is 1.44. The molecule has 2 radical (unpaired) electrons. The predicted molar refractivity (Wildman–Crippen MR) is 14.8 cm³/mol. The van der Waals surface area contributed by atoms with Crippen molar-refractivity contribution in [2.24, 2.45) is 0 Å². The molecule has 0 heterocycles. The van der Waals surface area contributed by atoms with Crippen molar-refractivity contribution in [3.63, 3.8) is 0 Å². The van der Waals surface area contributed by atoms with Gasteiger partial charge in [0.05, 0.1) is 0 Å².